The van der Waals surface area contributed by atoms with E-state index in [4.69, 9.17) is 23.4 Å². The average Bonchev–Trinajstić information content (AvgIpc) is 2.87. The van der Waals surface area contributed by atoms with Gasteiger partial charge in [-0.2, -0.15) is 0 Å². The predicted octanol–water partition coefficient (Wildman–Crippen LogP) is 2.18. The Morgan fingerprint density at radius 1 is 1.09 bits per heavy atom. The van der Waals surface area contributed by atoms with Crippen LogP contribution in [-0.2, 0) is 28.2 Å². The van der Waals surface area contributed by atoms with Gasteiger partial charge in [-0.15, -0.1) is 0 Å². The number of carbonyl (C=O) groups excluding carboxylic acids is 1. The monoisotopic (exact) mass is 330 g/mol. The van der Waals surface area contributed by atoms with E-state index in [-0.39, 0.29) is 17.1 Å². The molecular formula is C15H26O6Si. The van der Waals surface area contributed by atoms with Crippen molar-refractivity contribution in [3.8, 4) is 0 Å². The second-order valence-corrected chi connectivity index (χ2v) is 13.0. The summed E-state index contributed by atoms with van der Waals surface area (Å²) in [6.07, 6.45) is -2.46. The van der Waals surface area contributed by atoms with Crippen LogP contribution in [0.1, 0.15) is 34.6 Å². The molecule has 3 fully saturated rings. The largest absolute Gasteiger partial charge is 0.454 e. The Kier molecular flexibility index (Phi) is 3.55. The third kappa shape index (κ3) is 2.52. The van der Waals surface area contributed by atoms with E-state index in [0.29, 0.717) is 0 Å². The molecule has 3 heterocycles. The smallest absolute Gasteiger partial charge is 0.337 e. The van der Waals surface area contributed by atoms with Crippen LogP contribution in [0.2, 0.25) is 18.1 Å². The predicted molar refractivity (Wildman–Crippen MR) is 80.6 cm³/mol. The Morgan fingerprint density at radius 2 is 1.73 bits per heavy atom. The molecule has 0 aromatic heterocycles. The van der Waals surface area contributed by atoms with Crippen molar-refractivity contribution in [1.29, 1.82) is 0 Å². The summed E-state index contributed by atoms with van der Waals surface area (Å²) in [7, 11) is -2.10. The van der Waals surface area contributed by atoms with Crippen molar-refractivity contribution in [2.75, 3.05) is 0 Å². The van der Waals surface area contributed by atoms with Gasteiger partial charge in [-0.25, -0.2) is 4.79 Å². The quantitative estimate of drug-likeness (QED) is 0.571. The fourth-order valence-electron chi connectivity index (χ4n) is 2.83. The van der Waals surface area contributed by atoms with E-state index in [2.05, 4.69) is 33.9 Å². The van der Waals surface area contributed by atoms with Crippen LogP contribution in [0, 0.1) is 0 Å². The van der Waals surface area contributed by atoms with Gasteiger partial charge in [0, 0.05) is 0 Å². The Hall–Kier alpha value is -0.473. The van der Waals surface area contributed by atoms with Gasteiger partial charge in [-0.3, -0.25) is 0 Å². The molecule has 126 valence electrons. The van der Waals surface area contributed by atoms with Gasteiger partial charge in [-0.1, -0.05) is 20.8 Å². The molecule has 0 radical (unpaired) electrons. The maximum atomic E-state index is 12.2. The summed E-state index contributed by atoms with van der Waals surface area (Å²) >= 11 is 0. The minimum Gasteiger partial charge on any atom is -0.454 e. The molecule has 22 heavy (non-hydrogen) atoms. The highest BCUT2D eigenvalue weighted by atomic mass is 28.4. The van der Waals surface area contributed by atoms with Gasteiger partial charge in [0.1, 0.15) is 6.10 Å². The van der Waals surface area contributed by atoms with E-state index in [9.17, 15) is 4.79 Å². The first-order valence-electron chi connectivity index (χ1n) is 7.81. The van der Waals surface area contributed by atoms with Crippen molar-refractivity contribution in [3.05, 3.63) is 0 Å². The van der Waals surface area contributed by atoms with Crippen LogP contribution < -0.4 is 0 Å². The lowest BCUT2D eigenvalue weighted by Gasteiger charge is -2.38. The van der Waals surface area contributed by atoms with Crippen LogP contribution in [0.15, 0.2) is 0 Å². The van der Waals surface area contributed by atoms with Crippen LogP contribution >= 0.6 is 0 Å². The van der Waals surface area contributed by atoms with Crippen molar-refractivity contribution in [2.45, 2.75) is 89.2 Å². The molecule has 5 atom stereocenters. The number of ether oxygens (including phenoxy) is 4. The fourth-order valence-corrected chi connectivity index (χ4v) is 4.05. The van der Waals surface area contributed by atoms with Crippen molar-refractivity contribution < 1.29 is 28.2 Å². The molecule has 3 rings (SSSR count). The van der Waals surface area contributed by atoms with E-state index in [1.165, 1.54) is 0 Å². The van der Waals surface area contributed by atoms with E-state index >= 15 is 0 Å². The molecule has 0 aliphatic carbocycles. The van der Waals surface area contributed by atoms with Crippen molar-refractivity contribution >= 4 is 14.3 Å². The van der Waals surface area contributed by atoms with E-state index < -0.39 is 38.7 Å². The molecule has 0 saturated carbocycles. The summed E-state index contributed by atoms with van der Waals surface area (Å²) in [4.78, 5) is 12.2. The number of rotatable bonds is 2. The Bertz CT molecular complexity index is 483. The summed E-state index contributed by atoms with van der Waals surface area (Å²) in [5.41, 5.74) is 0. The molecule has 0 bridgehead atoms. The van der Waals surface area contributed by atoms with E-state index in [0.717, 1.165) is 0 Å². The first-order chi connectivity index (χ1) is 9.91. The van der Waals surface area contributed by atoms with Crippen LogP contribution in [0.5, 0.6) is 0 Å². The Labute approximate surface area is 132 Å². The lowest BCUT2D eigenvalue weighted by molar-refractivity contribution is -0.214. The molecular weight excluding hydrogens is 304 g/mol. The minimum atomic E-state index is -2.10. The number of esters is 1. The first kappa shape index (κ1) is 16.4. The van der Waals surface area contributed by atoms with Crippen LogP contribution in [-0.4, -0.2) is 50.8 Å². The van der Waals surface area contributed by atoms with Crippen LogP contribution in [0.4, 0.5) is 0 Å². The Morgan fingerprint density at radius 3 is 2.32 bits per heavy atom. The molecule has 0 aromatic carbocycles. The molecule has 0 aromatic rings. The first-order valence-corrected chi connectivity index (χ1v) is 10.7. The summed E-state index contributed by atoms with van der Waals surface area (Å²) in [6.45, 7) is 14.3. The topological polar surface area (TPSA) is 63.2 Å². The van der Waals surface area contributed by atoms with Crippen LogP contribution in [0.3, 0.4) is 0 Å². The lowest BCUT2D eigenvalue weighted by Crippen LogP contribution is -2.48. The standard InChI is InChI=1S/C15H26O6Si/c1-14(2,3)22(6,7)21-10-8-9(17-12(10)16)11-13(18-8)20-15(4,5)19-11/h8-11,13H,1-7H3/t8-,9-,10-,11+,13+/m0/s1. The lowest BCUT2D eigenvalue weighted by atomic mass is 10.1. The molecule has 0 unspecified atom stereocenters. The summed E-state index contributed by atoms with van der Waals surface area (Å²) in [5, 5.41) is 0.00876. The SMILES string of the molecule is CC1(C)O[C@H]2O[C@H]3[C@H](OC(=O)[C@H]3O[Si](C)(C)C(C)(C)C)[C@H]2O1. The molecule has 0 amide bonds. The highest BCUT2D eigenvalue weighted by molar-refractivity contribution is 6.74. The van der Waals surface area contributed by atoms with Crippen molar-refractivity contribution in [3.63, 3.8) is 0 Å². The summed E-state index contributed by atoms with van der Waals surface area (Å²) < 4.78 is 29.1. The third-order valence-electron chi connectivity index (χ3n) is 5.04. The second-order valence-electron chi connectivity index (χ2n) is 8.27. The maximum absolute atomic E-state index is 12.2. The van der Waals surface area contributed by atoms with Crippen molar-refractivity contribution in [1.82, 2.24) is 0 Å². The molecule has 0 N–H and O–H groups in total. The van der Waals surface area contributed by atoms with Gasteiger partial charge in [-0.05, 0) is 32.0 Å². The zero-order chi connectivity index (χ0) is 16.5. The normalized spacial score (nSPS) is 40.5. The van der Waals surface area contributed by atoms with Gasteiger partial charge < -0.3 is 23.4 Å². The molecule has 7 heteroatoms. The van der Waals surface area contributed by atoms with E-state index in [1.807, 2.05) is 13.8 Å². The van der Waals surface area contributed by atoms with Gasteiger partial charge in [0.15, 0.2) is 38.7 Å². The van der Waals surface area contributed by atoms with E-state index in [1.54, 1.807) is 0 Å². The number of carbonyl (C=O) groups is 1. The number of hydrogen-bond acceptors (Lipinski definition) is 6. The van der Waals surface area contributed by atoms with Crippen molar-refractivity contribution in [2.24, 2.45) is 0 Å². The van der Waals surface area contributed by atoms with Gasteiger partial charge in [0.05, 0.1) is 0 Å². The third-order valence-corrected chi connectivity index (χ3v) is 9.49. The van der Waals surface area contributed by atoms with Crippen LogP contribution in [0.25, 0.3) is 0 Å². The highest BCUT2D eigenvalue weighted by Gasteiger charge is 2.64. The molecule has 3 saturated heterocycles. The highest BCUT2D eigenvalue weighted by Crippen LogP contribution is 2.45. The average molecular weight is 330 g/mol. The Balaban J connectivity index is 1.76. The summed E-state index contributed by atoms with van der Waals surface area (Å²) in [5.74, 6) is -1.07. The van der Waals surface area contributed by atoms with Gasteiger partial charge in [0.2, 0.25) is 0 Å². The fraction of sp³-hybridized carbons (Fsp3) is 0.933. The molecule has 3 aliphatic rings. The maximum Gasteiger partial charge on any atom is 0.337 e. The molecule has 6 nitrogen and oxygen atoms in total. The zero-order valence-electron chi connectivity index (χ0n) is 14.3. The van der Waals surface area contributed by atoms with Gasteiger partial charge >= 0.3 is 5.97 Å². The molecule has 0 spiro atoms. The minimum absolute atomic E-state index is 0.00876. The van der Waals surface area contributed by atoms with Gasteiger partial charge in [0.25, 0.3) is 0 Å². The number of hydrogen-bond donors (Lipinski definition) is 0. The zero-order valence-corrected chi connectivity index (χ0v) is 15.3. The second kappa shape index (κ2) is 4.77. The molecule has 3 aliphatic heterocycles. The number of fused-ring (bicyclic) bond motifs is 3. The summed E-state index contributed by atoms with van der Waals surface area (Å²) in [6, 6.07) is 0.